The Hall–Kier alpha value is -3.61. The zero-order valence-electron chi connectivity index (χ0n) is 18.5. The largest absolute Gasteiger partial charge is 0.507 e. The molecule has 33 heavy (non-hydrogen) atoms. The topological polar surface area (TPSA) is 96.3 Å². The lowest BCUT2D eigenvalue weighted by Crippen LogP contribution is -2.30. The van der Waals surface area contributed by atoms with E-state index in [2.05, 4.69) is 15.7 Å². The van der Waals surface area contributed by atoms with E-state index in [9.17, 15) is 14.7 Å². The average Bonchev–Trinajstić information content (AvgIpc) is 3.36. The molecule has 5 rings (SSSR count). The second kappa shape index (κ2) is 9.10. The van der Waals surface area contributed by atoms with E-state index in [4.69, 9.17) is 0 Å². The summed E-state index contributed by atoms with van der Waals surface area (Å²) in [4.78, 5) is 25.1. The van der Waals surface area contributed by atoms with E-state index in [1.54, 1.807) is 18.2 Å². The van der Waals surface area contributed by atoms with Crippen molar-refractivity contribution in [1.29, 1.82) is 0 Å². The van der Waals surface area contributed by atoms with Gasteiger partial charge in [-0.2, -0.15) is 9.78 Å². The molecular formula is C26H28N4O3. The SMILES string of the molecule is O=C(Nc1ccc(-c2cc(C3CCCC3)n(C(=O)NCc3ccccc3)n2)c(O)c1)C1CC1. The van der Waals surface area contributed by atoms with Gasteiger partial charge in [-0.15, -0.1) is 0 Å². The summed E-state index contributed by atoms with van der Waals surface area (Å²) in [7, 11) is 0. The number of carbonyl (C=O) groups excluding carboxylic acids is 2. The van der Waals surface area contributed by atoms with E-state index >= 15 is 0 Å². The Morgan fingerprint density at radius 2 is 1.76 bits per heavy atom. The lowest BCUT2D eigenvalue weighted by molar-refractivity contribution is -0.117. The Morgan fingerprint density at radius 1 is 1.00 bits per heavy atom. The van der Waals surface area contributed by atoms with Crippen LogP contribution in [0, 0.1) is 5.92 Å². The minimum absolute atomic E-state index is 0.00923. The molecule has 3 N–H and O–H groups in total. The number of carbonyl (C=O) groups is 2. The molecule has 170 valence electrons. The molecule has 3 aromatic rings. The minimum atomic E-state index is -0.278. The van der Waals surface area contributed by atoms with Gasteiger partial charge < -0.3 is 15.7 Å². The van der Waals surface area contributed by atoms with Crippen LogP contribution in [-0.2, 0) is 11.3 Å². The first kappa shape index (κ1) is 21.2. The van der Waals surface area contributed by atoms with E-state index in [1.807, 2.05) is 36.4 Å². The predicted octanol–water partition coefficient (Wildman–Crippen LogP) is 5.02. The van der Waals surface area contributed by atoms with E-state index in [0.717, 1.165) is 49.8 Å². The molecule has 0 unspecified atom stereocenters. The fraction of sp³-hybridized carbons (Fsp3) is 0.346. The second-order valence-electron chi connectivity index (χ2n) is 8.99. The first-order valence-electron chi connectivity index (χ1n) is 11.6. The molecule has 2 amide bonds. The molecule has 0 atom stereocenters. The van der Waals surface area contributed by atoms with Crippen molar-refractivity contribution in [2.24, 2.45) is 5.92 Å². The Balaban J connectivity index is 1.39. The molecule has 7 nitrogen and oxygen atoms in total. The number of hydrogen-bond acceptors (Lipinski definition) is 4. The Kier molecular flexibility index (Phi) is 5.86. The zero-order valence-corrected chi connectivity index (χ0v) is 18.5. The highest BCUT2D eigenvalue weighted by Gasteiger charge is 2.30. The number of aromatic hydroxyl groups is 1. The van der Waals surface area contributed by atoms with Crippen LogP contribution in [0.25, 0.3) is 11.3 Å². The fourth-order valence-corrected chi connectivity index (χ4v) is 4.47. The number of phenolic OH excluding ortho intramolecular Hbond substituents is 1. The van der Waals surface area contributed by atoms with Crippen LogP contribution >= 0.6 is 0 Å². The molecule has 2 saturated carbocycles. The summed E-state index contributed by atoms with van der Waals surface area (Å²) in [6, 6.07) is 16.4. The van der Waals surface area contributed by atoms with Crippen molar-refractivity contribution in [3.05, 3.63) is 65.9 Å². The number of hydrogen-bond donors (Lipinski definition) is 3. The first-order chi connectivity index (χ1) is 16.1. The van der Waals surface area contributed by atoms with Crippen LogP contribution in [0.2, 0.25) is 0 Å². The van der Waals surface area contributed by atoms with Crippen LogP contribution in [0.4, 0.5) is 10.5 Å². The van der Waals surface area contributed by atoms with Gasteiger partial charge in [0.25, 0.3) is 0 Å². The zero-order chi connectivity index (χ0) is 22.8. The van der Waals surface area contributed by atoms with Gasteiger partial charge in [-0.1, -0.05) is 43.2 Å². The number of nitrogens with one attached hydrogen (secondary N) is 2. The van der Waals surface area contributed by atoms with Crippen molar-refractivity contribution < 1.29 is 14.7 Å². The van der Waals surface area contributed by atoms with Crippen molar-refractivity contribution in [2.45, 2.75) is 51.0 Å². The molecule has 0 radical (unpaired) electrons. The number of amides is 2. The van der Waals surface area contributed by atoms with Crippen molar-refractivity contribution in [3.63, 3.8) is 0 Å². The number of rotatable bonds is 6. The molecule has 2 aliphatic carbocycles. The number of aromatic nitrogens is 2. The molecule has 0 bridgehead atoms. The standard InChI is InChI=1S/C26H28N4O3/c31-24-14-20(28-25(32)19-10-11-19)12-13-21(24)22-15-23(18-8-4-5-9-18)30(29-22)26(33)27-16-17-6-2-1-3-7-17/h1-3,6-7,12-15,18-19,31H,4-5,8-11,16H2,(H,27,33)(H,28,32). The number of benzene rings is 2. The van der Waals surface area contributed by atoms with Gasteiger partial charge in [-0.05, 0) is 49.4 Å². The second-order valence-corrected chi connectivity index (χ2v) is 8.99. The quantitative estimate of drug-likeness (QED) is 0.497. The maximum absolute atomic E-state index is 13.0. The average molecular weight is 445 g/mol. The van der Waals surface area contributed by atoms with Gasteiger partial charge in [0.15, 0.2) is 0 Å². The lowest BCUT2D eigenvalue weighted by Gasteiger charge is -2.12. The van der Waals surface area contributed by atoms with Gasteiger partial charge in [-0.3, -0.25) is 4.79 Å². The summed E-state index contributed by atoms with van der Waals surface area (Å²) in [5, 5.41) is 21.1. The summed E-state index contributed by atoms with van der Waals surface area (Å²) < 4.78 is 1.45. The van der Waals surface area contributed by atoms with E-state index in [0.29, 0.717) is 23.5 Å². The maximum atomic E-state index is 13.0. The number of nitrogens with zero attached hydrogens (tertiary/aromatic N) is 2. The van der Waals surface area contributed by atoms with Crippen LogP contribution < -0.4 is 10.6 Å². The van der Waals surface area contributed by atoms with Crippen LogP contribution in [0.5, 0.6) is 5.75 Å². The Bertz CT molecular complexity index is 1160. The fourth-order valence-electron chi connectivity index (χ4n) is 4.47. The highest BCUT2D eigenvalue weighted by molar-refractivity contribution is 5.94. The van der Waals surface area contributed by atoms with Crippen molar-refractivity contribution in [1.82, 2.24) is 15.1 Å². The van der Waals surface area contributed by atoms with Gasteiger partial charge in [-0.25, -0.2) is 4.79 Å². The molecular weight excluding hydrogens is 416 g/mol. The Labute approximate surface area is 192 Å². The van der Waals surface area contributed by atoms with Crippen LogP contribution in [-0.4, -0.2) is 26.8 Å². The molecule has 7 heteroatoms. The normalized spacial score (nSPS) is 16.0. The van der Waals surface area contributed by atoms with Crippen LogP contribution in [0.1, 0.15) is 55.7 Å². The van der Waals surface area contributed by atoms with Gasteiger partial charge in [0.1, 0.15) is 5.75 Å². The van der Waals surface area contributed by atoms with Gasteiger partial charge in [0.2, 0.25) is 5.91 Å². The summed E-state index contributed by atoms with van der Waals surface area (Å²) in [5.41, 5.74) is 3.53. The van der Waals surface area contributed by atoms with Crippen LogP contribution in [0.3, 0.4) is 0 Å². The molecule has 2 aromatic carbocycles. The van der Waals surface area contributed by atoms with Gasteiger partial charge in [0, 0.05) is 35.7 Å². The maximum Gasteiger partial charge on any atom is 0.342 e. The third-order valence-corrected chi connectivity index (χ3v) is 6.48. The summed E-state index contributed by atoms with van der Waals surface area (Å²) in [6.07, 6.45) is 6.16. The molecule has 0 saturated heterocycles. The number of phenols is 1. The smallest absolute Gasteiger partial charge is 0.342 e. The third-order valence-electron chi connectivity index (χ3n) is 6.48. The van der Waals surface area contributed by atoms with Crippen LogP contribution in [0.15, 0.2) is 54.6 Å². The number of anilines is 1. The Morgan fingerprint density at radius 3 is 2.45 bits per heavy atom. The van der Waals surface area contributed by atoms with E-state index in [1.165, 1.54) is 4.68 Å². The molecule has 1 aromatic heterocycles. The summed E-state index contributed by atoms with van der Waals surface area (Å²) in [6.45, 7) is 0.416. The molecule has 0 aliphatic heterocycles. The van der Waals surface area contributed by atoms with Gasteiger partial charge in [0.05, 0.1) is 11.4 Å². The highest BCUT2D eigenvalue weighted by Crippen LogP contribution is 2.38. The minimum Gasteiger partial charge on any atom is -0.507 e. The van der Waals surface area contributed by atoms with E-state index in [-0.39, 0.29) is 29.5 Å². The molecule has 0 spiro atoms. The van der Waals surface area contributed by atoms with Crippen molar-refractivity contribution in [2.75, 3.05) is 5.32 Å². The molecule has 1 heterocycles. The third kappa shape index (κ3) is 4.77. The lowest BCUT2D eigenvalue weighted by atomic mass is 10.0. The summed E-state index contributed by atoms with van der Waals surface area (Å²) in [5.74, 6) is 0.375. The monoisotopic (exact) mass is 444 g/mol. The molecule has 2 aliphatic rings. The van der Waals surface area contributed by atoms with Crippen molar-refractivity contribution in [3.8, 4) is 17.0 Å². The van der Waals surface area contributed by atoms with Gasteiger partial charge >= 0.3 is 6.03 Å². The van der Waals surface area contributed by atoms with E-state index < -0.39 is 0 Å². The van der Waals surface area contributed by atoms with Crippen molar-refractivity contribution >= 4 is 17.6 Å². The highest BCUT2D eigenvalue weighted by atomic mass is 16.3. The predicted molar refractivity (Wildman–Crippen MR) is 126 cm³/mol. The first-order valence-corrected chi connectivity index (χ1v) is 11.6. The molecule has 2 fully saturated rings. The summed E-state index contributed by atoms with van der Waals surface area (Å²) >= 11 is 0.